The van der Waals surface area contributed by atoms with Gasteiger partial charge in [0.05, 0.1) is 24.9 Å². The summed E-state index contributed by atoms with van der Waals surface area (Å²) in [6.07, 6.45) is 1.49. The lowest BCUT2D eigenvalue weighted by molar-refractivity contribution is 0.0955. The predicted octanol–water partition coefficient (Wildman–Crippen LogP) is 3.88. The molecule has 0 aliphatic rings. The normalized spacial score (nSPS) is 10.6. The lowest BCUT2D eigenvalue weighted by Crippen LogP contribution is -2.17. The maximum Gasteiger partial charge on any atom is 0.271 e. The summed E-state index contributed by atoms with van der Waals surface area (Å²) in [4.78, 5) is 12.0. The first kappa shape index (κ1) is 17.3. The maximum absolute atomic E-state index is 12.0. The molecule has 2 aromatic carbocycles. The molecule has 120 valence electrons. The van der Waals surface area contributed by atoms with Gasteiger partial charge < -0.3 is 9.47 Å². The van der Waals surface area contributed by atoms with Crippen molar-refractivity contribution in [1.29, 1.82) is 0 Å². The van der Waals surface area contributed by atoms with Crippen molar-refractivity contribution in [2.45, 2.75) is 0 Å². The number of nitrogens with one attached hydrogen (secondary N) is 1. The molecule has 7 heteroatoms. The minimum Gasteiger partial charge on any atom is -0.496 e. The number of carbonyl (C=O) groups is 1. The molecule has 0 unspecified atom stereocenters. The number of amides is 1. The van der Waals surface area contributed by atoms with Gasteiger partial charge in [-0.1, -0.05) is 17.7 Å². The fraction of sp³-hybridized carbons (Fsp3) is 0.125. The van der Waals surface area contributed by atoms with Crippen LogP contribution < -0.4 is 14.9 Å². The van der Waals surface area contributed by atoms with Crippen LogP contribution in [-0.2, 0) is 0 Å². The standard InChI is InChI=1S/C16H14BrClN2O3/c1-22-14-8-15(23-2)13(17)7-11(14)9-19-20-16(21)10-4-3-5-12(18)6-10/h3-9H,1-2H3,(H,20,21)/b19-9+. The van der Waals surface area contributed by atoms with Gasteiger partial charge in [-0.05, 0) is 40.2 Å². The first-order valence-corrected chi connectivity index (χ1v) is 7.72. The Balaban J connectivity index is 2.14. The van der Waals surface area contributed by atoms with Gasteiger partial charge in [0.2, 0.25) is 0 Å². The molecule has 23 heavy (non-hydrogen) atoms. The third kappa shape index (κ3) is 4.46. The van der Waals surface area contributed by atoms with E-state index in [1.54, 1.807) is 50.6 Å². The van der Waals surface area contributed by atoms with Gasteiger partial charge in [-0.3, -0.25) is 4.79 Å². The third-order valence-corrected chi connectivity index (χ3v) is 3.82. The lowest BCUT2D eigenvalue weighted by atomic mass is 10.2. The summed E-state index contributed by atoms with van der Waals surface area (Å²) in [6, 6.07) is 10.1. The summed E-state index contributed by atoms with van der Waals surface area (Å²) in [5.41, 5.74) is 3.56. The number of rotatable bonds is 5. The number of halogens is 2. The van der Waals surface area contributed by atoms with E-state index in [1.807, 2.05) is 0 Å². The van der Waals surface area contributed by atoms with Crippen LogP contribution in [0.2, 0.25) is 5.02 Å². The molecule has 0 fully saturated rings. The molecule has 0 heterocycles. The van der Waals surface area contributed by atoms with Gasteiger partial charge in [-0.25, -0.2) is 5.43 Å². The number of hydrazone groups is 1. The summed E-state index contributed by atoms with van der Waals surface area (Å²) in [5, 5.41) is 4.43. The highest BCUT2D eigenvalue weighted by atomic mass is 79.9. The summed E-state index contributed by atoms with van der Waals surface area (Å²) in [7, 11) is 3.11. The molecule has 0 aromatic heterocycles. The summed E-state index contributed by atoms with van der Waals surface area (Å²) in [6.45, 7) is 0. The van der Waals surface area contributed by atoms with Crippen LogP contribution in [0.3, 0.4) is 0 Å². The highest BCUT2D eigenvalue weighted by molar-refractivity contribution is 9.10. The summed E-state index contributed by atoms with van der Waals surface area (Å²) in [5.74, 6) is 0.864. The number of hydrogen-bond donors (Lipinski definition) is 1. The van der Waals surface area contributed by atoms with Crippen molar-refractivity contribution in [2.24, 2.45) is 5.10 Å². The maximum atomic E-state index is 12.0. The number of methoxy groups -OCH3 is 2. The molecule has 0 saturated carbocycles. The minimum absolute atomic E-state index is 0.352. The van der Waals surface area contributed by atoms with Crippen molar-refractivity contribution >= 4 is 39.7 Å². The van der Waals surface area contributed by atoms with E-state index in [9.17, 15) is 4.79 Å². The van der Waals surface area contributed by atoms with Crippen molar-refractivity contribution in [3.8, 4) is 11.5 Å². The van der Waals surface area contributed by atoms with Crippen molar-refractivity contribution in [1.82, 2.24) is 5.43 Å². The Morgan fingerprint density at radius 1 is 1.22 bits per heavy atom. The van der Waals surface area contributed by atoms with E-state index in [4.69, 9.17) is 21.1 Å². The molecular formula is C16H14BrClN2O3. The SMILES string of the molecule is COc1cc(OC)c(/C=N/NC(=O)c2cccc(Cl)c2)cc1Br. The predicted molar refractivity (Wildman–Crippen MR) is 93.8 cm³/mol. The smallest absolute Gasteiger partial charge is 0.271 e. The van der Waals surface area contributed by atoms with E-state index >= 15 is 0 Å². The molecule has 0 aliphatic heterocycles. The van der Waals surface area contributed by atoms with Crippen LogP contribution in [0.5, 0.6) is 11.5 Å². The molecule has 0 bridgehead atoms. The molecule has 2 rings (SSSR count). The summed E-state index contributed by atoms with van der Waals surface area (Å²) < 4.78 is 11.2. The van der Waals surface area contributed by atoms with Crippen LogP contribution in [0.15, 0.2) is 46.0 Å². The largest absolute Gasteiger partial charge is 0.496 e. The zero-order valence-electron chi connectivity index (χ0n) is 12.5. The number of hydrogen-bond acceptors (Lipinski definition) is 4. The Bertz CT molecular complexity index is 750. The van der Waals surface area contributed by atoms with E-state index in [1.165, 1.54) is 6.21 Å². The average Bonchev–Trinajstić information content (AvgIpc) is 2.55. The highest BCUT2D eigenvalue weighted by Gasteiger charge is 2.08. The van der Waals surface area contributed by atoms with Gasteiger partial charge in [0.1, 0.15) is 11.5 Å². The van der Waals surface area contributed by atoms with E-state index in [-0.39, 0.29) is 5.91 Å². The fourth-order valence-electron chi connectivity index (χ4n) is 1.84. The second-order valence-corrected chi connectivity index (χ2v) is 5.73. The van der Waals surface area contributed by atoms with Crippen molar-refractivity contribution in [3.63, 3.8) is 0 Å². The monoisotopic (exact) mass is 396 g/mol. The average molecular weight is 398 g/mol. The quantitative estimate of drug-likeness (QED) is 0.615. The number of carbonyl (C=O) groups excluding carboxylic acids is 1. The van der Waals surface area contributed by atoms with Crippen molar-refractivity contribution in [2.75, 3.05) is 14.2 Å². The first-order valence-electron chi connectivity index (χ1n) is 6.55. The highest BCUT2D eigenvalue weighted by Crippen LogP contribution is 2.31. The van der Waals surface area contributed by atoms with E-state index < -0.39 is 0 Å². The van der Waals surface area contributed by atoms with E-state index in [0.29, 0.717) is 27.6 Å². The van der Waals surface area contributed by atoms with Gasteiger partial charge in [-0.15, -0.1) is 0 Å². The molecule has 2 aromatic rings. The van der Waals surface area contributed by atoms with Gasteiger partial charge >= 0.3 is 0 Å². The molecule has 5 nitrogen and oxygen atoms in total. The Kier molecular flexibility index (Phi) is 6.01. The topological polar surface area (TPSA) is 59.9 Å². The van der Waals surface area contributed by atoms with Gasteiger partial charge in [0.15, 0.2) is 0 Å². The number of ether oxygens (including phenoxy) is 2. The van der Waals surface area contributed by atoms with Crippen LogP contribution in [-0.4, -0.2) is 26.3 Å². The summed E-state index contributed by atoms with van der Waals surface area (Å²) >= 11 is 9.24. The van der Waals surface area contributed by atoms with E-state index in [0.717, 1.165) is 4.47 Å². The number of nitrogens with zero attached hydrogens (tertiary/aromatic N) is 1. The second kappa shape index (κ2) is 7.99. The lowest BCUT2D eigenvalue weighted by Gasteiger charge is -2.09. The molecule has 0 radical (unpaired) electrons. The van der Waals surface area contributed by atoms with Crippen LogP contribution in [0.1, 0.15) is 15.9 Å². The van der Waals surface area contributed by atoms with Gasteiger partial charge in [0, 0.05) is 22.2 Å². The van der Waals surface area contributed by atoms with Crippen LogP contribution >= 0.6 is 27.5 Å². The van der Waals surface area contributed by atoms with Crippen LogP contribution in [0.25, 0.3) is 0 Å². The van der Waals surface area contributed by atoms with Crippen molar-refractivity contribution < 1.29 is 14.3 Å². The van der Waals surface area contributed by atoms with Gasteiger partial charge in [-0.2, -0.15) is 5.10 Å². The zero-order chi connectivity index (χ0) is 16.8. The zero-order valence-corrected chi connectivity index (χ0v) is 14.8. The fourth-order valence-corrected chi connectivity index (χ4v) is 2.55. The molecular weight excluding hydrogens is 384 g/mol. The molecule has 0 atom stereocenters. The molecule has 1 amide bonds. The Morgan fingerprint density at radius 2 is 1.96 bits per heavy atom. The molecule has 0 aliphatic carbocycles. The Hall–Kier alpha value is -2.05. The molecule has 1 N–H and O–H groups in total. The van der Waals surface area contributed by atoms with E-state index in [2.05, 4.69) is 26.5 Å². The Labute approximate surface area is 147 Å². The Morgan fingerprint density at radius 3 is 2.61 bits per heavy atom. The molecule has 0 saturated heterocycles. The second-order valence-electron chi connectivity index (χ2n) is 4.44. The van der Waals surface area contributed by atoms with Gasteiger partial charge in [0.25, 0.3) is 5.91 Å². The first-order chi connectivity index (χ1) is 11.0. The third-order valence-electron chi connectivity index (χ3n) is 2.96. The van der Waals surface area contributed by atoms with Crippen molar-refractivity contribution in [3.05, 3.63) is 57.0 Å². The number of benzene rings is 2. The minimum atomic E-state index is -0.352. The molecule has 0 spiro atoms. The van der Waals surface area contributed by atoms with Crippen LogP contribution in [0.4, 0.5) is 0 Å². The van der Waals surface area contributed by atoms with Crippen LogP contribution in [0, 0.1) is 0 Å².